The third-order valence-corrected chi connectivity index (χ3v) is 4.50. The standard InChI is InChI=1S/C14H25NO3/c1-6-9(7-2)8(3)15-12(16)10-11(13(17)18)14(10,4)5/h8-11H,6-7H2,1-5H3,(H,15,16)(H,17,18)/t8?,10-,11+/m1/s1. The van der Waals surface area contributed by atoms with Crippen LogP contribution in [-0.4, -0.2) is 23.0 Å². The number of nitrogens with one attached hydrogen (secondary N) is 1. The molecule has 0 bridgehead atoms. The van der Waals surface area contributed by atoms with Crippen LogP contribution in [0.4, 0.5) is 0 Å². The average Bonchev–Trinajstić information content (AvgIpc) is 2.83. The number of carbonyl (C=O) groups is 2. The first-order valence-corrected chi connectivity index (χ1v) is 6.80. The first-order valence-electron chi connectivity index (χ1n) is 6.80. The van der Waals surface area contributed by atoms with Crippen LogP contribution in [0, 0.1) is 23.2 Å². The topological polar surface area (TPSA) is 66.4 Å². The fraction of sp³-hybridized carbons (Fsp3) is 0.857. The van der Waals surface area contributed by atoms with Crippen LogP contribution in [0.5, 0.6) is 0 Å². The molecule has 104 valence electrons. The molecule has 18 heavy (non-hydrogen) atoms. The number of carboxylic acids is 1. The van der Waals surface area contributed by atoms with Crippen LogP contribution in [0.3, 0.4) is 0 Å². The highest BCUT2D eigenvalue weighted by atomic mass is 16.4. The zero-order chi connectivity index (χ0) is 14.1. The first kappa shape index (κ1) is 15.0. The van der Waals surface area contributed by atoms with Crippen molar-refractivity contribution in [3.8, 4) is 0 Å². The van der Waals surface area contributed by atoms with Gasteiger partial charge in [0.15, 0.2) is 0 Å². The van der Waals surface area contributed by atoms with E-state index < -0.39 is 17.3 Å². The molecule has 1 rings (SSSR count). The van der Waals surface area contributed by atoms with Crippen LogP contribution in [0.15, 0.2) is 0 Å². The number of carboxylic acid groups (broad SMARTS) is 1. The predicted molar refractivity (Wildman–Crippen MR) is 70.1 cm³/mol. The summed E-state index contributed by atoms with van der Waals surface area (Å²) in [6.07, 6.45) is 2.04. The lowest BCUT2D eigenvalue weighted by Gasteiger charge is -2.22. The molecule has 0 saturated heterocycles. The summed E-state index contributed by atoms with van der Waals surface area (Å²) in [5.74, 6) is -1.43. The van der Waals surface area contributed by atoms with Gasteiger partial charge in [-0.25, -0.2) is 0 Å². The van der Waals surface area contributed by atoms with Crippen LogP contribution in [-0.2, 0) is 9.59 Å². The minimum absolute atomic E-state index is 0.105. The van der Waals surface area contributed by atoms with Crippen molar-refractivity contribution < 1.29 is 14.7 Å². The number of carbonyl (C=O) groups excluding carboxylic acids is 1. The largest absolute Gasteiger partial charge is 0.481 e. The van der Waals surface area contributed by atoms with E-state index in [0.29, 0.717) is 5.92 Å². The molecule has 0 heterocycles. The third-order valence-electron chi connectivity index (χ3n) is 4.50. The van der Waals surface area contributed by atoms with Crippen molar-refractivity contribution >= 4 is 11.9 Å². The molecule has 0 spiro atoms. The number of amides is 1. The molecule has 4 heteroatoms. The van der Waals surface area contributed by atoms with Crippen molar-refractivity contribution in [2.24, 2.45) is 23.2 Å². The monoisotopic (exact) mass is 255 g/mol. The lowest BCUT2D eigenvalue weighted by atomic mass is 9.95. The third kappa shape index (κ3) is 2.68. The van der Waals surface area contributed by atoms with E-state index in [4.69, 9.17) is 5.11 Å². The molecule has 1 unspecified atom stereocenters. The molecule has 1 amide bonds. The maximum atomic E-state index is 12.1. The molecule has 2 N–H and O–H groups in total. The summed E-state index contributed by atoms with van der Waals surface area (Å²) in [5.41, 5.74) is -0.413. The minimum atomic E-state index is -0.865. The molecule has 4 nitrogen and oxygen atoms in total. The second-order valence-electron chi connectivity index (χ2n) is 5.99. The van der Waals surface area contributed by atoms with Crippen LogP contribution < -0.4 is 5.32 Å². The Hall–Kier alpha value is -1.06. The van der Waals surface area contributed by atoms with Gasteiger partial charge in [0.1, 0.15) is 0 Å². The molecule has 1 saturated carbocycles. The van der Waals surface area contributed by atoms with E-state index in [9.17, 15) is 9.59 Å². The fourth-order valence-corrected chi connectivity index (χ4v) is 3.02. The quantitative estimate of drug-likeness (QED) is 0.765. The SMILES string of the molecule is CCC(CC)C(C)NC(=O)[C@H]1[C@@H](C(=O)O)C1(C)C. The molecular formula is C14H25NO3. The highest BCUT2D eigenvalue weighted by Crippen LogP contribution is 2.58. The molecule has 0 radical (unpaired) electrons. The zero-order valence-corrected chi connectivity index (χ0v) is 12.0. The average molecular weight is 255 g/mol. The van der Waals surface area contributed by atoms with Gasteiger partial charge in [0.05, 0.1) is 11.8 Å². The number of aliphatic carboxylic acids is 1. The molecule has 1 aliphatic carbocycles. The van der Waals surface area contributed by atoms with Gasteiger partial charge in [0.25, 0.3) is 0 Å². The number of hydrogen-bond donors (Lipinski definition) is 2. The molecule has 3 atom stereocenters. The van der Waals surface area contributed by atoms with E-state index in [2.05, 4.69) is 19.2 Å². The summed E-state index contributed by atoms with van der Waals surface area (Å²) in [4.78, 5) is 23.2. The second kappa shape index (κ2) is 5.29. The molecule has 1 fully saturated rings. The van der Waals surface area contributed by atoms with Crippen molar-refractivity contribution in [3.05, 3.63) is 0 Å². The van der Waals surface area contributed by atoms with Crippen molar-refractivity contribution in [3.63, 3.8) is 0 Å². The summed E-state index contributed by atoms with van der Waals surface area (Å²) >= 11 is 0. The highest BCUT2D eigenvalue weighted by molar-refractivity contribution is 5.91. The second-order valence-corrected chi connectivity index (χ2v) is 5.99. The van der Waals surface area contributed by atoms with E-state index in [1.807, 2.05) is 20.8 Å². The Morgan fingerprint density at radius 1 is 1.22 bits per heavy atom. The maximum Gasteiger partial charge on any atom is 0.307 e. The Morgan fingerprint density at radius 3 is 2.06 bits per heavy atom. The van der Waals surface area contributed by atoms with Gasteiger partial charge in [-0.2, -0.15) is 0 Å². The summed E-state index contributed by atoms with van der Waals surface area (Å²) in [7, 11) is 0. The van der Waals surface area contributed by atoms with Crippen LogP contribution >= 0.6 is 0 Å². The van der Waals surface area contributed by atoms with E-state index in [0.717, 1.165) is 12.8 Å². The summed E-state index contributed by atoms with van der Waals surface area (Å²) in [6.45, 7) is 9.91. The molecule has 0 aromatic heterocycles. The molecular weight excluding hydrogens is 230 g/mol. The van der Waals surface area contributed by atoms with Gasteiger partial charge < -0.3 is 10.4 Å². The van der Waals surface area contributed by atoms with E-state index in [1.165, 1.54) is 0 Å². The van der Waals surface area contributed by atoms with E-state index >= 15 is 0 Å². The van der Waals surface area contributed by atoms with Crippen molar-refractivity contribution in [2.75, 3.05) is 0 Å². The Morgan fingerprint density at radius 2 is 1.72 bits per heavy atom. The normalized spacial score (nSPS) is 26.8. The maximum absolute atomic E-state index is 12.1. The lowest BCUT2D eigenvalue weighted by molar-refractivity contribution is -0.140. The summed E-state index contributed by atoms with van der Waals surface area (Å²) < 4.78 is 0. The molecule has 0 aromatic carbocycles. The smallest absolute Gasteiger partial charge is 0.307 e. The zero-order valence-electron chi connectivity index (χ0n) is 12.0. The molecule has 0 aliphatic heterocycles. The highest BCUT2D eigenvalue weighted by Gasteiger charge is 2.65. The Balaban J connectivity index is 2.60. The Kier molecular flexibility index (Phi) is 4.41. The molecule has 1 aliphatic rings. The van der Waals surface area contributed by atoms with Gasteiger partial charge in [-0.1, -0.05) is 40.5 Å². The fourth-order valence-electron chi connectivity index (χ4n) is 3.02. The number of rotatable bonds is 6. The van der Waals surface area contributed by atoms with Gasteiger partial charge in [-0.05, 0) is 18.3 Å². The van der Waals surface area contributed by atoms with Gasteiger partial charge in [0, 0.05) is 6.04 Å². The van der Waals surface area contributed by atoms with Gasteiger partial charge in [0.2, 0.25) is 5.91 Å². The van der Waals surface area contributed by atoms with Crippen molar-refractivity contribution in [1.29, 1.82) is 0 Å². The van der Waals surface area contributed by atoms with Crippen molar-refractivity contribution in [2.45, 2.75) is 53.5 Å². The van der Waals surface area contributed by atoms with E-state index in [1.54, 1.807) is 0 Å². The Labute approximate surface area is 109 Å². The minimum Gasteiger partial charge on any atom is -0.481 e. The predicted octanol–water partition coefficient (Wildman–Crippen LogP) is 2.28. The summed E-state index contributed by atoms with van der Waals surface area (Å²) in [5, 5.41) is 12.0. The molecule has 0 aromatic rings. The van der Waals surface area contributed by atoms with Crippen LogP contribution in [0.2, 0.25) is 0 Å². The Bertz CT molecular complexity index is 334. The van der Waals surface area contributed by atoms with E-state index in [-0.39, 0.29) is 17.9 Å². The first-order chi connectivity index (χ1) is 8.27. The van der Waals surface area contributed by atoms with Crippen LogP contribution in [0.25, 0.3) is 0 Å². The summed E-state index contributed by atoms with van der Waals surface area (Å²) in [6, 6.07) is 0.110. The number of hydrogen-bond acceptors (Lipinski definition) is 2. The van der Waals surface area contributed by atoms with Gasteiger partial charge in [-0.3, -0.25) is 9.59 Å². The van der Waals surface area contributed by atoms with Crippen LogP contribution in [0.1, 0.15) is 47.5 Å². The van der Waals surface area contributed by atoms with Gasteiger partial charge in [-0.15, -0.1) is 0 Å². The lowest BCUT2D eigenvalue weighted by Crippen LogP contribution is -2.39. The van der Waals surface area contributed by atoms with Gasteiger partial charge >= 0.3 is 5.97 Å². The van der Waals surface area contributed by atoms with Crippen molar-refractivity contribution in [1.82, 2.24) is 5.32 Å².